The van der Waals surface area contributed by atoms with E-state index in [1.807, 2.05) is 0 Å². The number of non-ortho nitro benzene ring substituents is 1. The standard InChI is InChI=1S/C15H14F5NO.C14H14ClF5N2O.C14H13F5N2O.C7H5NO4/c1-9-5-6-10(11-3-2-4-12(16)13(11)17)7-21(14(9)22)8-15(18,19)20;15-21-11-5-4-8(9-2-1-3-10(16)12(9)17)6-22(13(11)23)7-14(18,19)20;15-10-3-1-2-9(12(10)16)8-4-5-11(20)13(22)21(6-8)7-14(17,18)19;9-4-5-3-6(8(11)12)1-2-7(5)10/h2-4,6,9H,5,7-8H2,1H3;1-3,8,11,21H,4-7H2;1-4,11H,5-7,20H2;1-4,10H/t9-;8?,11-;11-;/m011./s1. The Morgan fingerprint density at radius 3 is 1.63 bits per heavy atom. The van der Waals surface area contributed by atoms with Crippen LogP contribution in [0.4, 0.5) is 71.5 Å². The Balaban J connectivity index is 0.000000232. The number of amides is 3. The first-order chi connectivity index (χ1) is 36.7. The molecule has 3 heterocycles. The van der Waals surface area contributed by atoms with Gasteiger partial charge in [0, 0.05) is 54.7 Å². The number of aromatic hydroxyl groups is 1. The maximum atomic E-state index is 13.9. The zero-order chi connectivity index (χ0) is 59.3. The third-order valence-corrected chi connectivity index (χ3v) is 12.1. The van der Waals surface area contributed by atoms with Crippen LogP contribution >= 0.6 is 11.8 Å². The average molecular weight is 1160 g/mol. The predicted octanol–water partition coefficient (Wildman–Crippen LogP) is 10.7. The van der Waals surface area contributed by atoms with Crippen molar-refractivity contribution < 1.29 is 95.1 Å². The van der Waals surface area contributed by atoms with Gasteiger partial charge in [-0.15, -0.1) is 0 Å². The van der Waals surface area contributed by atoms with E-state index in [0.717, 1.165) is 36.4 Å². The molecule has 1 fully saturated rings. The predicted molar refractivity (Wildman–Crippen MR) is 254 cm³/mol. The molecule has 4 N–H and O–H groups in total. The molecule has 0 bridgehead atoms. The summed E-state index contributed by atoms with van der Waals surface area (Å²) in [6.07, 6.45) is -10.1. The lowest BCUT2D eigenvalue weighted by molar-refractivity contribution is -0.384. The molecule has 0 spiro atoms. The van der Waals surface area contributed by atoms with E-state index >= 15 is 0 Å². The molecule has 4 aromatic carbocycles. The highest BCUT2D eigenvalue weighted by atomic mass is 35.5. The van der Waals surface area contributed by atoms with Gasteiger partial charge in [-0.05, 0) is 78.4 Å². The summed E-state index contributed by atoms with van der Waals surface area (Å²) in [5.74, 6) is -10.6. The van der Waals surface area contributed by atoms with Crippen molar-refractivity contribution in [3.63, 3.8) is 0 Å². The SMILES string of the molecule is C[C@H]1CC=C(c2cccc(F)c2F)CN(CC(F)(F)F)C1=O.N[C@@H]1CC=C(c2cccc(F)c2F)CN(CC(F)(F)F)C1=O.O=C1[C@H](NCl)CCC(c2cccc(F)c2F)CN1CC(F)(F)F.O=Cc1cc([N+](=O)[O-])ccc1O. The molecule has 0 aromatic heterocycles. The molecule has 1 saturated heterocycles. The Bertz CT molecular complexity index is 2800. The number of allylic oxidation sites excluding steroid dienone is 1. The van der Waals surface area contributed by atoms with Gasteiger partial charge in [0.2, 0.25) is 17.7 Å². The molecule has 1 unspecified atom stereocenters. The fraction of sp³-hybridized carbons (Fsp3) is 0.360. The van der Waals surface area contributed by atoms with Crippen molar-refractivity contribution in [3.8, 4) is 5.75 Å². The van der Waals surface area contributed by atoms with E-state index in [1.165, 1.54) is 55.5 Å². The Labute approximate surface area is 444 Å². The molecule has 0 radical (unpaired) electrons. The van der Waals surface area contributed by atoms with Gasteiger partial charge in [-0.1, -0.05) is 55.5 Å². The molecule has 430 valence electrons. The fourth-order valence-electron chi connectivity index (χ4n) is 8.09. The lowest BCUT2D eigenvalue weighted by Gasteiger charge is -2.27. The smallest absolute Gasteiger partial charge is 0.406 e. The summed E-state index contributed by atoms with van der Waals surface area (Å²) in [6, 6.07) is 11.5. The van der Waals surface area contributed by atoms with E-state index in [1.54, 1.807) is 0 Å². The number of aldehydes is 1. The molecule has 13 nitrogen and oxygen atoms in total. The molecule has 29 heteroatoms. The van der Waals surface area contributed by atoms with Crippen molar-refractivity contribution in [2.24, 2.45) is 11.7 Å². The third kappa shape index (κ3) is 18.7. The lowest BCUT2D eigenvalue weighted by atomic mass is 9.93. The minimum Gasteiger partial charge on any atom is -0.507 e. The van der Waals surface area contributed by atoms with E-state index in [0.29, 0.717) is 21.0 Å². The van der Waals surface area contributed by atoms with Gasteiger partial charge in [-0.25, -0.2) is 31.2 Å². The summed E-state index contributed by atoms with van der Waals surface area (Å²) in [7, 11) is 0. The maximum Gasteiger partial charge on any atom is 0.406 e. The number of nitro groups is 1. The second-order valence-corrected chi connectivity index (χ2v) is 18.0. The summed E-state index contributed by atoms with van der Waals surface area (Å²) < 4.78 is 195. The molecular weight excluding hydrogens is 1120 g/mol. The van der Waals surface area contributed by atoms with Crippen LogP contribution in [0.3, 0.4) is 0 Å². The molecule has 4 aromatic rings. The van der Waals surface area contributed by atoms with Gasteiger partial charge >= 0.3 is 18.5 Å². The number of likely N-dealkylation sites (tertiary alicyclic amines) is 1. The minimum atomic E-state index is -4.61. The Morgan fingerprint density at radius 2 is 1.15 bits per heavy atom. The number of hydrogen-bond acceptors (Lipinski definition) is 9. The number of carbonyl (C=O) groups is 4. The molecule has 3 aliphatic heterocycles. The van der Waals surface area contributed by atoms with Gasteiger partial charge in [-0.3, -0.25) is 29.3 Å². The molecular formula is C50H46ClF15N6O7. The molecule has 3 aliphatic rings. The highest BCUT2D eigenvalue weighted by molar-refractivity contribution is 6.15. The van der Waals surface area contributed by atoms with Crippen LogP contribution < -0.4 is 10.6 Å². The van der Waals surface area contributed by atoms with Crippen LogP contribution in [0, 0.1) is 50.9 Å². The van der Waals surface area contributed by atoms with Gasteiger partial charge in [0.15, 0.2) is 41.2 Å². The van der Waals surface area contributed by atoms with Gasteiger partial charge in [0.25, 0.3) is 5.69 Å². The van der Waals surface area contributed by atoms with Crippen LogP contribution in [0.1, 0.15) is 65.6 Å². The summed E-state index contributed by atoms with van der Waals surface area (Å²) >= 11 is 5.42. The zero-order valence-corrected chi connectivity index (χ0v) is 41.6. The van der Waals surface area contributed by atoms with Crippen molar-refractivity contribution in [2.75, 3.05) is 39.3 Å². The monoisotopic (exact) mass is 1160 g/mol. The molecule has 3 amide bonds. The van der Waals surface area contributed by atoms with E-state index < -0.39 is 133 Å². The number of alkyl halides is 9. The quantitative estimate of drug-likeness (QED) is 0.0483. The molecule has 0 aliphatic carbocycles. The zero-order valence-electron chi connectivity index (χ0n) is 40.9. The number of halogens is 16. The number of carbonyl (C=O) groups excluding carboxylic acids is 4. The number of phenols is 1. The molecule has 0 saturated carbocycles. The number of nitro benzene ring substituents is 1. The Hall–Kier alpha value is -7.20. The highest BCUT2D eigenvalue weighted by Crippen LogP contribution is 2.33. The first-order valence-electron chi connectivity index (χ1n) is 23.1. The number of hydrogen-bond donors (Lipinski definition) is 3. The summed E-state index contributed by atoms with van der Waals surface area (Å²) in [4.78, 5) is 59.6. The van der Waals surface area contributed by atoms with Crippen molar-refractivity contribution in [1.82, 2.24) is 19.5 Å². The van der Waals surface area contributed by atoms with Crippen molar-refractivity contribution in [3.05, 3.63) is 152 Å². The van der Waals surface area contributed by atoms with Crippen LogP contribution in [0.25, 0.3) is 11.1 Å². The van der Waals surface area contributed by atoms with Crippen LogP contribution in [0.15, 0.2) is 84.9 Å². The van der Waals surface area contributed by atoms with Crippen molar-refractivity contribution >= 4 is 52.6 Å². The number of rotatable bonds is 9. The van der Waals surface area contributed by atoms with Crippen LogP contribution in [0.2, 0.25) is 0 Å². The van der Waals surface area contributed by atoms with E-state index in [-0.39, 0.29) is 77.1 Å². The number of benzene rings is 4. The lowest BCUT2D eigenvalue weighted by Crippen LogP contribution is -2.46. The van der Waals surface area contributed by atoms with Crippen molar-refractivity contribution in [2.45, 2.75) is 69.1 Å². The normalized spacial score (nSPS) is 19.2. The highest BCUT2D eigenvalue weighted by Gasteiger charge is 2.40. The maximum absolute atomic E-state index is 13.9. The fourth-order valence-corrected chi connectivity index (χ4v) is 8.29. The second-order valence-electron chi connectivity index (χ2n) is 17.8. The largest absolute Gasteiger partial charge is 0.507 e. The summed E-state index contributed by atoms with van der Waals surface area (Å²) in [6.45, 7) is -4.09. The van der Waals surface area contributed by atoms with E-state index in [4.69, 9.17) is 22.6 Å². The molecule has 79 heavy (non-hydrogen) atoms. The summed E-state index contributed by atoms with van der Waals surface area (Å²) in [5.41, 5.74) is 5.18. The molecule has 4 atom stereocenters. The van der Waals surface area contributed by atoms with E-state index in [2.05, 4.69) is 4.84 Å². The van der Waals surface area contributed by atoms with Crippen molar-refractivity contribution in [1.29, 1.82) is 0 Å². The van der Waals surface area contributed by atoms with E-state index in [9.17, 15) is 95.1 Å². The number of nitrogens with zero attached hydrogens (tertiary/aromatic N) is 4. The number of phenolic OH excluding ortho intramolecular Hbond substituents is 1. The summed E-state index contributed by atoms with van der Waals surface area (Å²) in [5, 5.41) is 19.2. The van der Waals surface area contributed by atoms with Gasteiger partial charge in [0.1, 0.15) is 31.4 Å². The molecule has 7 rings (SSSR count). The average Bonchev–Trinajstić information content (AvgIpc) is 3.69. The van der Waals surface area contributed by atoms with Crippen LogP contribution in [-0.4, -0.2) is 119 Å². The van der Waals surface area contributed by atoms with Gasteiger partial charge in [0.05, 0.1) is 16.5 Å². The number of nitrogens with two attached hydrogens (primary N) is 1. The van der Waals surface area contributed by atoms with Gasteiger partial charge in [-0.2, -0.15) is 39.5 Å². The minimum absolute atomic E-state index is 0.0415. The first kappa shape index (κ1) is 64.3. The first-order valence-corrected chi connectivity index (χ1v) is 23.4. The second kappa shape index (κ2) is 27.6. The third-order valence-electron chi connectivity index (χ3n) is 11.9. The van der Waals surface area contributed by atoms with Crippen LogP contribution in [0.5, 0.6) is 5.75 Å². The topological polar surface area (TPSA) is 179 Å². The van der Waals surface area contributed by atoms with Crippen LogP contribution in [-0.2, 0) is 14.4 Å². The Kier molecular flexibility index (Phi) is 22.5. The Morgan fingerprint density at radius 1 is 0.684 bits per heavy atom. The number of nitrogens with one attached hydrogen (secondary N) is 1. The van der Waals surface area contributed by atoms with Gasteiger partial charge < -0.3 is 25.5 Å².